The molecule has 0 aliphatic rings. The van der Waals surface area contributed by atoms with Crippen LogP contribution in [0.25, 0.3) is 0 Å². The van der Waals surface area contributed by atoms with Crippen LogP contribution < -0.4 is 15.3 Å². The number of carbonyl (C=O) groups excluding carboxylic acids is 3. The first kappa shape index (κ1) is 26.0. The van der Waals surface area contributed by atoms with E-state index in [1.165, 1.54) is 20.8 Å². The van der Waals surface area contributed by atoms with E-state index in [1.54, 1.807) is 0 Å². The predicted molar refractivity (Wildman–Crippen MR) is 59.5 cm³/mol. The Morgan fingerprint density at radius 2 is 0.684 bits per heavy atom. The largest absolute Gasteiger partial charge is 3.00 e. The SMILES string of the molecule is C=C(C)C(=O)[O-].C=C(C)C(=O)[O-].C=C(C)C(=O)[O-].[Ti+3]. The Labute approximate surface area is 127 Å². The van der Waals surface area contributed by atoms with Crippen molar-refractivity contribution < 1.29 is 51.4 Å². The van der Waals surface area contributed by atoms with E-state index >= 15 is 0 Å². The van der Waals surface area contributed by atoms with Crippen LogP contribution >= 0.6 is 0 Å². The topological polar surface area (TPSA) is 120 Å². The number of rotatable bonds is 3. The van der Waals surface area contributed by atoms with Gasteiger partial charge in [-0.2, -0.15) is 0 Å². The first-order chi connectivity index (χ1) is 7.93. The Morgan fingerprint density at radius 1 is 0.632 bits per heavy atom. The minimum Gasteiger partial charge on any atom is -0.545 e. The van der Waals surface area contributed by atoms with Crippen molar-refractivity contribution in [2.75, 3.05) is 0 Å². The number of carbonyl (C=O) groups is 3. The van der Waals surface area contributed by atoms with E-state index in [2.05, 4.69) is 19.7 Å². The maximum Gasteiger partial charge on any atom is 3.00 e. The zero-order valence-corrected chi connectivity index (χ0v) is 12.6. The minimum absolute atomic E-state index is 0. The quantitative estimate of drug-likeness (QED) is 0.436. The number of carboxylic acid groups (broad SMARTS) is 3. The molecule has 0 aromatic carbocycles. The van der Waals surface area contributed by atoms with Crippen molar-refractivity contribution in [2.24, 2.45) is 0 Å². The van der Waals surface area contributed by atoms with Gasteiger partial charge in [0, 0.05) is 0 Å². The van der Waals surface area contributed by atoms with E-state index in [9.17, 15) is 29.7 Å². The summed E-state index contributed by atoms with van der Waals surface area (Å²) in [6, 6.07) is 0. The van der Waals surface area contributed by atoms with Crippen LogP contribution in [0, 0.1) is 0 Å². The molecule has 103 valence electrons. The molecule has 0 fully saturated rings. The van der Waals surface area contributed by atoms with Crippen LogP contribution in [0.4, 0.5) is 0 Å². The van der Waals surface area contributed by atoms with Gasteiger partial charge in [-0.15, -0.1) is 0 Å². The fraction of sp³-hybridized carbons (Fsp3) is 0.250. The first-order valence-corrected chi connectivity index (χ1v) is 4.54. The van der Waals surface area contributed by atoms with Gasteiger partial charge in [0.15, 0.2) is 0 Å². The molecule has 0 unspecified atom stereocenters. The van der Waals surface area contributed by atoms with Crippen molar-refractivity contribution in [3.63, 3.8) is 0 Å². The van der Waals surface area contributed by atoms with Crippen LogP contribution in [-0.2, 0) is 36.1 Å². The van der Waals surface area contributed by atoms with E-state index in [0.717, 1.165) is 0 Å². The summed E-state index contributed by atoms with van der Waals surface area (Å²) >= 11 is 0. The van der Waals surface area contributed by atoms with E-state index in [-0.39, 0.29) is 38.4 Å². The molecule has 7 heteroatoms. The first-order valence-electron chi connectivity index (χ1n) is 4.54. The van der Waals surface area contributed by atoms with Gasteiger partial charge >= 0.3 is 21.7 Å². The van der Waals surface area contributed by atoms with E-state index in [0.29, 0.717) is 0 Å². The van der Waals surface area contributed by atoms with Crippen LogP contribution in [0.1, 0.15) is 20.8 Å². The van der Waals surface area contributed by atoms with Crippen molar-refractivity contribution in [3.8, 4) is 0 Å². The van der Waals surface area contributed by atoms with Crippen LogP contribution in [0.3, 0.4) is 0 Å². The Kier molecular flexibility index (Phi) is 19.7. The van der Waals surface area contributed by atoms with Gasteiger partial charge in [0.2, 0.25) is 0 Å². The Balaban J connectivity index is -0.0000000865. The standard InChI is InChI=1S/3C4H6O2.Ti/c3*1-3(2)4(5)6;/h3*1H2,2H3,(H,5,6);/q;;;+3/p-3. The third kappa shape index (κ3) is 31.4. The second kappa shape index (κ2) is 14.4. The molecule has 0 saturated carbocycles. The normalized spacial score (nSPS) is 7.11. The summed E-state index contributed by atoms with van der Waals surface area (Å²) in [6.07, 6.45) is 0. The van der Waals surface area contributed by atoms with E-state index in [1.807, 2.05) is 0 Å². The number of hydrogen-bond acceptors (Lipinski definition) is 6. The van der Waals surface area contributed by atoms with Gasteiger partial charge in [-0.05, 0) is 37.5 Å². The molecule has 0 atom stereocenters. The maximum absolute atomic E-state index is 9.49. The molecule has 0 N–H and O–H groups in total. The molecule has 0 aromatic rings. The average molecular weight is 303 g/mol. The summed E-state index contributed by atoms with van der Waals surface area (Å²) in [6.45, 7) is 13.4. The van der Waals surface area contributed by atoms with Crippen LogP contribution in [0.5, 0.6) is 0 Å². The van der Waals surface area contributed by atoms with Gasteiger partial charge in [0.1, 0.15) is 0 Å². The summed E-state index contributed by atoms with van der Waals surface area (Å²) in [5.41, 5.74) is 0.194. The Morgan fingerprint density at radius 3 is 0.684 bits per heavy atom. The van der Waals surface area contributed by atoms with Gasteiger partial charge in [0.25, 0.3) is 0 Å². The molecular formula is C12H15O6Ti. The maximum atomic E-state index is 9.49. The molecule has 0 spiro atoms. The summed E-state index contributed by atoms with van der Waals surface area (Å²) in [4.78, 5) is 28.5. The molecule has 0 aliphatic heterocycles. The third-order valence-electron chi connectivity index (χ3n) is 1.05. The second-order valence-electron chi connectivity index (χ2n) is 3.20. The fourth-order valence-electron chi connectivity index (χ4n) is 0. The minimum atomic E-state index is -1.19. The number of carboxylic acids is 3. The molecule has 0 bridgehead atoms. The van der Waals surface area contributed by atoms with Gasteiger partial charge in [-0.25, -0.2) is 0 Å². The Hall–Kier alpha value is -1.66. The molecular weight excluding hydrogens is 288 g/mol. The molecule has 0 saturated heterocycles. The smallest absolute Gasteiger partial charge is 0.545 e. The monoisotopic (exact) mass is 303 g/mol. The van der Waals surface area contributed by atoms with Gasteiger partial charge < -0.3 is 29.7 Å². The zero-order valence-electron chi connectivity index (χ0n) is 11.1. The predicted octanol–water partition coefficient (Wildman–Crippen LogP) is -2.07. The van der Waals surface area contributed by atoms with Crippen molar-refractivity contribution in [2.45, 2.75) is 20.8 Å². The summed E-state index contributed by atoms with van der Waals surface area (Å²) in [5.74, 6) is -3.56. The van der Waals surface area contributed by atoms with Crippen molar-refractivity contribution in [1.82, 2.24) is 0 Å². The van der Waals surface area contributed by atoms with Gasteiger partial charge in [-0.3, -0.25) is 0 Å². The molecule has 0 rings (SSSR count). The van der Waals surface area contributed by atoms with Crippen LogP contribution in [0.2, 0.25) is 0 Å². The summed E-state index contributed by atoms with van der Waals surface area (Å²) in [7, 11) is 0. The Bertz CT molecular complexity index is 277. The van der Waals surface area contributed by atoms with Crippen LogP contribution in [-0.4, -0.2) is 17.9 Å². The molecule has 0 heterocycles. The molecule has 1 radical (unpaired) electrons. The average Bonchev–Trinajstić information content (AvgIpc) is 2.18. The number of hydrogen-bond donors (Lipinski definition) is 0. The molecule has 6 nitrogen and oxygen atoms in total. The molecule has 0 aromatic heterocycles. The van der Waals surface area contributed by atoms with Gasteiger partial charge in [0.05, 0.1) is 17.9 Å². The second-order valence-corrected chi connectivity index (χ2v) is 3.20. The molecule has 0 aliphatic carbocycles. The summed E-state index contributed by atoms with van der Waals surface area (Å²) in [5, 5.41) is 28.5. The van der Waals surface area contributed by atoms with Gasteiger partial charge in [-0.1, -0.05) is 19.7 Å². The van der Waals surface area contributed by atoms with Crippen LogP contribution in [0.15, 0.2) is 36.5 Å². The summed E-state index contributed by atoms with van der Waals surface area (Å²) < 4.78 is 0. The molecule has 19 heavy (non-hydrogen) atoms. The molecule has 0 amide bonds. The van der Waals surface area contributed by atoms with Crippen molar-refractivity contribution >= 4 is 17.9 Å². The fourth-order valence-corrected chi connectivity index (χ4v) is 0. The number of aliphatic carboxylic acids is 3. The van der Waals surface area contributed by atoms with Crippen molar-refractivity contribution in [1.29, 1.82) is 0 Å². The van der Waals surface area contributed by atoms with Crippen molar-refractivity contribution in [3.05, 3.63) is 36.5 Å². The zero-order chi connectivity index (χ0) is 15.5. The van der Waals surface area contributed by atoms with E-state index in [4.69, 9.17) is 0 Å². The van der Waals surface area contributed by atoms with E-state index < -0.39 is 17.9 Å². The third-order valence-corrected chi connectivity index (χ3v) is 1.05.